The number of aromatic nitrogens is 1. The van der Waals surface area contributed by atoms with Crippen molar-refractivity contribution in [3.63, 3.8) is 0 Å². The van der Waals surface area contributed by atoms with E-state index in [2.05, 4.69) is 9.88 Å². The van der Waals surface area contributed by atoms with Crippen molar-refractivity contribution < 1.29 is 18.7 Å². The SMILES string of the molecule is O=C1OC[C@@H](Cc2ccccc2)N1C(=O)[C@H]1CN(Cc2ccccc2)C[C@@H]1c1ccc(F)cn1. The van der Waals surface area contributed by atoms with Gasteiger partial charge in [-0.25, -0.2) is 14.1 Å². The van der Waals surface area contributed by atoms with E-state index in [0.29, 0.717) is 31.7 Å². The summed E-state index contributed by atoms with van der Waals surface area (Å²) in [5.74, 6) is -1.40. The van der Waals surface area contributed by atoms with Crippen molar-refractivity contribution in [3.05, 3.63) is 102 Å². The van der Waals surface area contributed by atoms with E-state index in [1.165, 1.54) is 17.2 Å². The summed E-state index contributed by atoms with van der Waals surface area (Å²) in [6.07, 6.45) is 1.12. The number of likely N-dealkylation sites (tertiary alicyclic amines) is 1. The molecule has 0 radical (unpaired) electrons. The third-order valence-electron chi connectivity index (χ3n) is 6.60. The van der Waals surface area contributed by atoms with E-state index >= 15 is 0 Å². The van der Waals surface area contributed by atoms with Gasteiger partial charge in [0, 0.05) is 31.2 Å². The first-order valence-corrected chi connectivity index (χ1v) is 11.5. The van der Waals surface area contributed by atoms with Gasteiger partial charge in [-0.2, -0.15) is 0 Å². The highest BCUT2D eigenvalue weighted by Crippen LogP contribution is 2.35. The minimum Gasteiger partial charge on any atom is -0.447 e. The Kier molecular flexibility index (Phi) is 6.36. The number of rotatable bonds is 6. The highest BCUT2D eigenvalue weighted by molar-refractivity contribution is 5.95. The number of carbonyl (C=O) groups excluding carboxylic acids is 2. The molecular weight excluding hydrogens is 433 g/mol. The summed E-state index contributed by atoms with van der Waals surface area (Å²) in [5, 5.41) is 0. The summed E-state index contributed by atoms with van der Waals surface area (Å²) in [4.78, 5) is 34.2. The van der Waals surface area contributed by atoms with Gasteiger partial charge in [-0.3, -0.25) is 14.7 Å². The summed E-state index contributed by atoms with van der Waals surface area (Å²) in [7, 11) is 0. The molecule has 0 spiro atoms. The molecule has 5 rings (SSSR count). The molecule has 2 amide bonds. The molecule has 0 unspecified atom stereocenters. The van der Waals surface area contributed by atoms with E-state index in [-0.39, 0.29) is 24.5 Å². The van der Waals surface area contributed by atoms with Crippen LogP contribution in [0.2, 0.25) is 0 Å². The number of nitrogens with zero attached hydrogens (tertiary/aromatic N) is 3. The van der Waals surface area contributed by atoms with Crippen molar-refractivity contribution in [3.8, 4) is 0 Å². The van der Waals surface area contributed by atoms with E-state index < -0.39 is 17.8 Å². The average Bonchev–Trinajstić information content (AvgIpc) is 3.44. The number of amides is 2. The summed E-state index contributed by atoms with van der Waals surface area (Å²) < 4.78 is 18.8. The zero-order valence-electron chi connectivity index (χ0n) is 18.7. The lowest BCUT2D eigenvalue weighted by molar-refractivity contribution is -0.133. The Morgan fingerprint density at radius 3 is 2.35 bits per heavy atom. The lowest BCUT2D eigenvalue weighted by Crippen LogP contribution is -2.45. The summed E-state index contributed by atoms with van der Waals surface area (Å²) in [6.45, 7) is 1.94. The Balaban J connectivity index is 1.40. The number of halogens is 1. The molecule has 2 aliphatic rings. The second-order valence-corrected chi connectivity index (χ2v) is 8.92. The highest BCUT2D eigenvalue weighted by atomic mass is 19.1. The minimum atomic E-state index is -0.599. The molecule has 3 heterocycles. The van der Waals surface area contributed by atoms with Crippen LogP contribution in [0.25, 0.3) is 0 Å². The number of imide groups is 1. The predicted octanol–water partition coefficient (Wildman–Crippen LogP) is 4.03. The Hall–Kier alpha value is -3.58. The fourth-order valence-electron chi connectivity index (χ4n) is 4.96. The Bertz CT molecular complexity index is 1140. The molecule has 2 fully saturated rings. The molecule has 2 aliphatic heterocycles. The molecule has 3 atom stereocenters. The van der Waals surface area contributed by atoms with Crippen LogP contribution in [0.3, 0.4) is 0 Å². The topological polar surface area (TPSA) is 62.7 Å². The Labute approximate surface area is 198 Å². The first-order valence-electron chi connectivity index (χ1n) is 11.5. The first-order chi connectivity index (χ1) is 16.6. The normalized spacial score (nSPS) is 22.7. The number of hydrogen-bond donors (Lipinski definition) is 0. The fourth-order valence-corrected chi connectivity index (χ4v) is 4.96. The molecule has 6 nitrogen and oxygen atoms in total. The van der Waals surface area contributed by atoms with Crippen LogP contribution in [0.1, 0.15) is 22.7 Å². The standard InChI is InChI=1S/C27H26FN3O3/c28-21-11-12-25(29-14-21)23-16-30(15-20-9-5-2-6-10-20)17-24(23)26(32)31-22(18-34-27(31)33)13-19-7-3-1-4-8-19/h1-12,14,22-24H,13,15-18H2/t22-,23+,24+/m1/s1. The summed E-state index contributed by atoms with van der Waals surface area (Å²) >= 11 is 0. The van der Waals surface area contributed by atoms with Gasteiger partial charge in [-0.05, 0) is 29.7 Å². The van der Waals surface area contributed by atoms with Gasteiger partial charge in [0.05, 0.1) is 18.2 Å². The van der Waals surface area contributed by atoms with Gasteiger partial charge < -0.3 is 4.74 Å². The fraction of sp³-hybridized carbons (Fsp3) is 0.296. The number of hydrogen-bond acceptors (Lipinski definition) is 5. The molecule has 0 aliphatic carbocycles. The maximum Gasteiger partial charge on any atom is 0.416 e. The molecule has 174 valence electrons. The number of cyclic esters (lactones) is 1. The van der Waals surface area contributed by atoms with E-state index in [0.717, 1.165) is 11.1 Å². The number of ether oxygens (including phenoxy) is 1. The van der Waals surface area contributed by atoms with Gasteiger partial charge in [-0.15, -0.1) is 0 Å². The zero-order chi connectivity index (χ0) is 23.5. The monoisotopic (exact) mass is 459 g/mol. The molecule has 2 saturated heterocycles. The zero-order valence-corrected chi connectivity index (χ0v) is 18.7. The molecular formula is C27H26FN3O3. The molecule has 0 N–H and O–H groups in total. The number of carbonyl (C=O) groups is 2. The third kappa shape index (κ3) is 4.70. The van der Waals surface area contributed by atoms with E-state index in [4.69, 9.17) is 4.74 Å². The maximum absolute atomic E-state index is 13.8. The van der Waals surface area contributed by atoms with Gasteiger partial charge in [0.25, 0.3) is 0 Å². The van der Waals surface area contributed by atoms with Crippen molar-refractivity contribution in [2.24, 2.45) is 5.92 Å². The third-order valence-corrected chi connectivity index (χ3v) is 6.60. The van der Waals surface area contributed by atoms with Gasteiger partial charge >= 0.3 is 6.09 Å². The largest absolute Gasteiger partial charge is 0.447 e. The van der Waals surface area contributed by atoms with Crippen molar-refractivity contribution in [1.29, 1.82) is 0 Å². The lowest BCUT2D eigenvalue weighted by atomic mass is 9.90. The Morgan fingerprint density at radius 2 is 1.68 bits per heavy atom. The lowest BCUT2D eigenvalue weighted by Gasteiger charge is -2.25. The first kappa shape index (κ1) is 22.2. The van der Waals surface area contributed by atoms with Crippen LogP contribution in [-0.2, 0) is 22.5 Å². The molecule has 1 aromatic heterocycles. The minimum absolute atomic E-state index is 0.180. The average molecular weight is 460 g/mol. The van der Waals surface area contributed by atoms with Gasteiger partial charge in [0.15, 0.2) is 0 Å². The van der Waals surface area contributed by atoms with Crippen molar-refractivity contribution in [1.82, 2.24) is 14.8 Å². The second-order valence-electron chi connectivity index (χ2n) is 8.92. The second kappa shape index (κ2) is 9.73. The molecule has 3 aromatic rings. The number of benzene rings is 2. The van der Waals surface area contributed by atoms with Gasteiger partial charge in [0.2, 0.25) is 5.91 Å². The van der Waals surface area contributed by atoms with Crippen LogP contribution in [0.4, 0.5) is 9.18 Å². The summed E-state index contributed by atoms with van der Waals surface area (Å²) in [6, 6.07) is 22.5. The van der Waals surface area contributed by atoms with E-state index in [1.807, 2.05) is 60.7 Å². The van der Waals surface area contributed by atoms with Crippen LogP contribution in [-0.4, -0.2) is 52.5 Å². The van der Waals surface area contributed by atoms with Gasteiger partial charge in [0.1, 0.15) is 12.4 Å². The maximum atomic E-state index is 13.8. The van der Waals surface area contributed by atoms with Crippen LogP contribution < -0.4 is 0 Å². The number of pyridine rings is 1. The molecule has 0 saturated carbocycles. The van der Waals surface area contributed by atoms with Crippen molar-refractivity contribution in [2.45, 2.75) is 24.9 Å². The predicted molar refractivity (Wildman–Crippen MR) is 124 cm³/mol. The molecule has 34 heavy (non-hydrogen) atoms. The molecule has 7 heteroatoms. The van der Waals surface area contributed by atoms with Crippen molar-refractivity contribution >= 4 is 12.0 Å². The van der Waals surface area contributed by atoms with Gasteiger partial charge in [-0.1, -0.05) is 60.7 Å². The smallest absolute Gasteiger partial charge is 0.416 e. The van der Waals surface area contributed by atoms with E-state index in [1.54, 1.807) is 6.07 Å². The highest BCUT2D eigenvalue weighted by Gasteiger charge is 2.47. The van der Waals surface area contributed by atoms with Crippen molar-refractivity contribution in [2.75, 3.05) is 19.7 Å². The van der Waals surface area contributed by atoms with Crippen LogP contribution >= 0.6 is 0 Å². The Morgan fingerprint density at radius 1 is 0.971 bits per heavy atom. The quantitative estimate of drug-likeness (QED) is 0.557. The molecule has 2 aromatic carbocycles. The van der Waals surface area contributed by atoms with E-state index in [9.17, 15) is 14.0 Å². The van der Waals surface area contributed by atoms with Crippen LogP contribution in [0.5, 0.6) is 0 Å². The summed E-state index contributed by atoms with van der Waals surface area (Å²) in [5.41, 5.74) is 2.84. The molecule has 0 bridgehead atoms. The van der Waals surface area contributed by atoms with Crippen LogP contribution in [0.15, 0.2) is 79.0 Å². The van der Waals surface area contributed by atoms with Crippen LogP contribution in [0, 0.1) is 11.7 Å².